The fourth-order valence-electron chi connectivity index (χ4n) is 5.53. The summed E-state index contributed by atoms with van der Waals surface area (Å²) in [4.78, 5) is 19.5. The topological polar surface area (TPSA) is 54.6 Å². The molecule has 7 heteroatoms. The van der Waals surface area contributed by atoms with E-state index in [0.29, 0.717) is 23.8 Å². The van der Waals surface area contributed by atoms with E-state index >= 15 is 0 Å². The number of ether oxygens (including phenoxy) is 2. The molecule has 2 aliphatic heterocycles. The van der Waals surface area contributed by atoms with Crippen LogP contribution in [-0.4, -0.2) is 42.9 Å². The average Bonchev–Trinajstić information content (AvgIpc) is 3.38. The molecule has 0 radical (unpaired) electrons. The molecule has 1 N–H and O–H groups in total. The molecule has 3 aliphatic rings. The summed E-state index contributed by atoms with van der Waals surface area (Å²) in [6.07, 6.45) is 1.62. The molecule has 1 aliphatic carbocycles. The number of aromatic amines is 1. The van der Waals surface area contributed by atoms with E-state index in [1.165, 1.54) is 0 Å². The van der Waals surface area contributed by atoms with Gasteiger partial charge in [-0.1, -0.05) is 47.4 Å². The van der Waals surface area contributed by atoms with Gasteiger partial charge in [0.1, 0.15) is 0 Å². The van der Waals surface area contributed by atoms with Crippen molar-refractivity contribution in [2.45, 2.75) is 37.9 Å². The van der Waals surface area contributed by atoms with Crippen LogP contribution in [0.5, 0.6) is 0 Å². The fraction of sp³-hybridized carbons (Fsp3) is 0.400. The lowest BCUT2D eigenvalue weighted by atomic mass is 9.71. The van der Waals surface area contributed by atoms with Gasteiger partial charge < -0.3 is 19.4 Å². The lowest BCUT2D eigenvalue weighted by Crippen LogP contribution is -2.45. The summed E-state index contributed by atoms with van der Waals surface area (Å²) < 4.78 is 12.7. The second-order valence-corrected chi connectivity index (χ2v) is 10.8. The van der Waals surface area contributed by atoms with E-state index in [-0.39, 0.29) is 11.2 Å². The highest BCUT2D eigenvalue weighted by molar-refractivity contribution is 9.10. The molecule has 3 heterocycles. The van der Waals surface area contributed by atoms with Gasteiger partial charge in [0, 0.05) is 58.0 Å². The van der Waals surface area contributed by atoms with Crippen molar-refractivity contribution in [3.63, 3.8) is 0 Å². The van der Waals surface area contributed by atoms with Crippen molar-refractivity contribution in [3.05, 3.63) is 62.2 Å². The van der Waals surface area contributed by atoms with Crippen LogP contribution in [0, 0.1) is 0 Å². The number of halogens is 2. The summed E-state index contributed by atoms with van der Waals surface area (Å²) in [5, 5.41) is 1.56. The molecule has 6 rings (SSSR count). The highest BCUT2D eigenvalue weighted by Gasteiger charge is 2.42. The number of anilines is 1. The Labute approximate surface area is 200 Å². The van der Waals surface area contributed by atoms with E-state index in [0.717, 1.165) is 63.8 Å². The Kier molecular flexibility index (Phi) is 4.58. The fourth-order valence-corrected chi connectivity index (χ4v) is 6.17. The minimum Gasteiger partial charge on any atom is -0.370 e. The summed E-state index contributed by atoms with van der Waals surface area (Å²) in [7, 11) is 0. The minimum absolute atomic E-state index is 0.0294. The molecule has 1 aromatic heterocycles. The Balaban J connectivity index is 1.43. The summed E-state index contributed by atoms with van der Waals surface area (Å²) in [5.41, 5.74) is 4.98. The maximum absolute atomic E-state index is 13.6. The molecule has 2 aromatic carbocycles. The van der Waals surface area contributed by atoms with Crippen molar-refractivity contribution < 1.29 is 14.3 Å². The smallest absolute Gasteiger partial charge is 0.195 e. The number of rotatable bonds is 1. The van der Waals surface area contributed by atoms with Crippen LogP contribution in [0.2, 0.25) is 5.02 Å². The zero-order chi connectivity index (χ0) is 22.3. The Bertz CT molecular complexity index is 1270. The number of hydrogen-bond donors (Lipinski definition) is 1. The molecule has 0 saturated carbocycles. The number of benzene rings is 2. The zero-order valence-electron chi connectivity index (χ0n) is 18.1. The molecule has 2 saturated heterocycles. The Morgan fingerprint density at radius 3 is 2.53 bits per heavy atom. The zero-order valence-corrected chi connectivity index (χ0v) is 20.4. The van der Waals surface area contributed by atoms with Crippen molar-refractivity contribution in [1.82, 2.24) is 4.98 Å². The van der Waals surface area contributed by atoms with Gasteiger partial charge in [0.2, 0.25) is 0 Å². The summed E-state index contributed by atoms with van der Waals surface area (Å²) in [6, 6.07) is 9.98. The normalized spacial score (nSPS) is 21.2. The summed E-state index contributed by atoms with van der Waals surface area (Å²) in [6.45, 7) is 7.28. The number of fused-ring (bicyclic) bond motifs is 4. The van der Waals surface area contributed by atoms with E-state index in [2.05, 4.69) is 45.7 Å². The lowest BCUT2D eigenvalue weighted by molar-refractivity contribution is -0.169. The van der Waals surface area contributed by atoms with Crippen LogP contribution in [0.1, 0.15) is 53.9 Å². The van der Waals surface area contributed by atoms with Crippen molar-refractivity contribution in [2.75, 3.05) is 31.2 Å². The van der Waals surface area contributed by atoms with Crippen molar-refractivity contribution >= 4 is 49.9 Å². The van der Waals surface area contributed by atoms with E-state index in [9.17, 15) is 4.79 Å². The average molecular weight is 516 g/mol. The Morgan fingerprint density at radius 2 is 1.81 bits per heavy atom. The number of nitrogens with one attached hydrogen (secondary N) is 1. The van der Waals surface area contributed by atoms with Crippen molar-refractivity contribution in [3.8, 4) is 0 Å². The van der Waals surface area contributed by atoms with Gasteiger partial charge in [0.15, 0.2) is 11.6 Å². The quantitative estimate of drug-likeness (QED) is 0.445. The molecular weight excluding hydrogens is 492 g/mol. The van der Waals surface area contributed by atoms with Gasteiger partial charge in [-0.3, -0.25) is 4.79 Å². The Hall–Kier alpha value is -1.86. The standard InChI is InChI=1S/C25H24BrClN2O3/c1-24(2)17-13-20(29-7-5-25(6-8-29)31-9-10-32-25)18(27)12-16(17)22(30)21-15-4-3-14(26)11-19(15)28-23(21)24/h3-4,11-13,28H,5-10H2,1-2H3. The van der Waals surface area contributed by atoms with Crippen molar-refractivity contribution in [2.24, 2.45) is 0 Å². The number of aromatic nitrogens is 1. The van der Waals surface area contributed by atoms with Crippen LogP contribution in [-0.2, 0) is 14.9 Å². The Morgan fingerprint density at radius 1 is 1.09 bits per heavy atom. The summed E-state index contributed by atoms with van der Waals surface area (Å²) in [5.74, 6) is -0.401. The van der Waals surface area contributed by atoms with Crippen LogP contribution in [0.3, 0.4) is 0 Å². The molecule has 5 nitrogen and oxygen atoms in total. The third-order valence-corrected chi connectivity index (χ3v) is 8.09. The number of H-pyrrole nitrogens is 1. The van der Waals surface area contributed by atoms with Gasteiger partial charge in [0.05, 0.1) is 29.5 Å². The number of carbonyl (C=O) groups excluding carboxylic acids is 1. The maximum Gasteiger partial charge on any atom is 0.195 e. The molecular formula is C25H24BrClN2O3. The molecule has 32 heavy (non-hydrogen) atoms. The number of nitrogens with zero attached hydrogens (tertiary/aromatic N) is 1. The number of piperidine rings is 1. The van der Waals surface area contributed by atoms with Crippen LogP contribution in [0.25, 0.3) is 10.9 Å². The predicted octanol–water partition coefficient (Wildman–Crippen LogP) is 5.80. The maximum atomic E-state index is 13.6. The van der Waals surface area contributed by atoms with Crippen LogP contribution in [0.15, 0.2) is 34.8 Å². The first-order valence-electron chi connectivity index (χ1n) is 11.0. The molecule has 0 bridgehead atoms. The molecule has 1 spiro atoms. The summed E-state index contributed by atoms with van der Waals surface area (Å²) >= 11 is 10.3. The van der Waals surface area contributed by atoms with Gasteiger partial charge in [-0.2, -0.15) is 0 Å². The van der Waals surface area contributed by atoms with Crippen LogP contribution >= 0.6 is 27.5 Å². The largest absolute Gasteiger partial charge is 0.370 e. The van der Waals surface area contributed by atoms with E-state index < -0.39 is 5.79 Å². The second-order valence-electron chi connectivity index (χ2n) is 9.46. The SMILES string of the molecule is CC1(C)c2cc(N3CCC4(CC3)OCCO4)c(Cl)cc2C(=O)c2c1[nH]c1cc(Br)ccc21. The van der Waals surface area contributed by atoms with Crippen LogP contribution < -0.4 is 4.90 Å². The first-order valence-corrected chi connectivity index (χ1v) is 12.2. The molecule has 3 aromatic rings. The predicted molar refractivity (Wildman–Crippen MR) is 129 cm³/mol. The number of ketones is 1. The minimum atomic E-state index is -0.431. The monoisotopic (exact) mass is 514 g/mol. The van der Waals surface area contributed by atoms with E-state index in [1.807, 2.05) is 24.3 Å². The van der Waals surface area contributed by atoms with E-state index in [4.69, 9.17) is 21.1 Å². The third kappa shape index (κ3) is 2.93. The van der Waals surface area contributed by atoms with Gasteiger partial charge in [-0.25, -0.2) is 0 Å². The molecule has 0 atom stereocenters. The van der Waals surface area contributed by atoms with E-state index in [1.54, 1.807) is 0 Å². The molecule has 2 fully saturated rings. The molecule has 0 unspecified atom stereocenters. The number of carbonyl (C=O) groups is 1. The lowest BCUT2D eigenvalue weighted by Gasteiger charge is -2.40. The molecule has 166 valence electrons. The number of hydrogen-bond acceptors (Lipinski definition) is 4. The van der Waals surface area contributed by atoms with Crippen molar-refractivity contribution in [1.29, 1.82) is 0 Å². The van der Waals surface area contributed by atoms with Crippen LogP contribution in [0.4, 0.5) is 5.69 Å². The van der Waals surface area contributed by atoms with Gasteiger partial charge >= 0.3 is 0 Å². The first-order chi connectivity index (χ1) is 15.3. The molecule has 0 amide bonds. The third-order valence-electron chi connectivity index (χ3n) is 7.30. The second kappa shape index (κ2) is 7.07. The highest BCUT2D eigenvalue weighted by atomic mass is 79.9. The highest BCUT2D eigenvalue weighted by Crippen LogP contribution is 2.47. The van der Waals surface area contributed by atoms with Gasteiger partial charge in [0.25, 0.3) is 0 Å². The van der Waals surface area contributed by atoms with Gasteiger partial charge in [-0.05, 0) is 29.8 Å². The van der Waals surface area contributed by atoms with Gasteiger partial charge in [-0.15, -0.1) is 0 Å². The first kappa shape index (κ1) is 20.7.